The molecule has 0 bridgehead atoms. The lowest BCUT2D eigenvalue weighted by Crippen LogP contribution is -2.28. The first kappa shape index (κ1) is 13.9. The van der Waals surface area contributed by atoms with E-state index in [9.17, 15) is 0 Å². The van der Waals surface area contributed by atoms with E-state index in [1.165, 1.54) is 49.2 Å². The van der Waals surface area contributed by atoms with E-state index < -0.39 is 0 Å². The van der Waals surface area contributed by atoms with Crippen molar-refractivity contribution < 1.29 is 0 Å². The molecule has 4 nitrogen and oxygen atoms in total. The number of nitrogens with zero attached hydrogens (tertiary/aromatic N) is 4. The Balaban J connectivity index is 1.61. The van der Waals surface area contributed by atoms with Gasteiger partial charge in [-0.2, -0.15) is 5.10 Å². The van der Waals surface area contributed by atoms with Gasteiger partial charge < -0.3 is 0 Å². The molecule has 4 heteroatoms. The lowest BCUT2D eigenvalue weighted by atomic mass is 10.1. The van der Waals surface area contributed by atoms with Gasteiger partial charge in [0.05, 0.1) is 12.1 Å². The van der Waals surface area contributed by atoms with Crippen molar-refractivity contribution in [1.82, 2.24) is 19.7 Å². The zero-order chi connectivity index (χ0) is 14.9. The van der Waals surface area contributed by atoms with Gasteiger partial charge in [0.1, 0.15) is 12.2 Å². The van der Waals surface area contributed by atoms with Crippen molar-refractivity contribution in [1.29, 1.82) is 0 Å². The van der Waals surface area contributed by atoms with Crippen LogP contribution in [0.1, 0.15) is 54.7 Å². The van der Waals surface area contributed by atoms with Gasteiger partial charge in [-0.25, -0.2) is 9.67 Å². The summed E-state index contributed by atoms with van der Waals surface area (Å²) in [7, 11) is 2.23. The Morgan fingerprint density at radius 1 is 1.05 bits per heavy atom. The molecule has 116 valence electrons. The number of hydrogen-bond donors (Lipinski definition) is 0. The number of rotatable bonds is 2. The summed E-state index contributed by atoms with van der Waals surface area (Å²) in [5, 5.41) is 4.60. The second kappa shape index (κ2) is 5.84. The Kier molecular flexibility index (Phi) is 3.70. The molecule has 1 aliphatic heterocycles. The van der Waals surface area contributed by atoms with Crippen molar-refractivity contribution in [2.75, 3.05) is 13.6 Å². The third kappa shape index (κ3) is 2.45. The van der Waals surface area contributed by atoms with Gasteiger partial charge in [0.15, 0.2) is 0 Å². The highest BCUT2D eigenvalue weighted by atomic mass is 15.4. The molecular formula is C18H24N4. The molecule has 1 aromatic carbocycles. The van der Waals surface area contributed by atoms with Gasteiger partial charge in [0, 0.05) is 0 Å². The molecule has 1 aromatic heterocycles. The van der Waals surface area contributed by atoms with Crippen molar-refractivity contribution in [3.63, 3.8) is 0 Å². The highest BCUT2D eigenvalue weighted by Crippen LogP contribution is 2.34. The van der Waals surface area contributed by atoms with Crippen LogP contribution in [0.3, 0.4) is 0 Å². The van der Waals surface area contributed by atoms with Gasteiger partial charge in [0.2, 0.25) is 0 Å². The molecule has 0 amide bonds. The van der Waals surface area contributed by atoms with Crippen molar-refractivity contribution in [3.05, 3.63) is 47.5 Å². The highest BCUT2D eigenvalue weighted by molar-refractivity contribution is 5.32. The molecule has 1 saturated heterocycles. The molecular weight excluding hydrogens is 272 g/mol. The molecule has 1 atom stereocenters. The minimum absolute atomic E-state index is 0.425. The third-order valence-electron chi connectivity index (χ3n) is 5.29. The number of fused-ring (bicyclic) bond motifs is 1. The molecule has 2 heterocycles. The molecule has 2 aromatic rings. The van der Waals surface area contributed by atoms with E-state index >= 15 is 0 Å². The lowest BCUT2D eigenvalue weighted by Gasteiger charge is -2.26. The van der Waals surface area contributed by atoms with E-state index in [-0.39, 0.29) is 0 Å². The third-order valence-corrected chi connectivity index (χ3v) is 5.29. The fourth-order valence-corrected chi connectivity index (χ4v) is 4.07. The molecule has 1 fully saturated rings. The average Bonchev–Trinajstić information content (AvgIpc) is 3.11. The second-order valence-electron chi connectivity index (χ2n) is 6.74. The summed E-state index contributed by atoms with van der Waals surface area (Å²) < 4.78 is 2.21. The molecule has 2 aliphatic rings. The topological polar surface area (TPSA) is 34.0 Å². The molecule has 1 aliphatic carbocycles. The predicted molar refractivity (Wildman–Crippen MR) is 86.7 cm³/mol. The van der Waals surface area contributed by atoms with Crippen molar-refractivity contribution >= 4 is 0 Å². The zero-order valence-corrected chi connectivity index (χ0v) is 13.3. The van der Waals surface area contributed by atoms with Gasteiger partial charge in [-0.05, 0) is 50.4 Å². The smallest absolute Gasteiger partial charge is 0.144 e. The van der Waals surface area contributed by atoms with Gasteiger partial charge in [-0.3, -0.25) is 4.90 Å². The van der Waals surface area contributed by atoms with Crippen LogP contribution in [0.2, 0.25) is 0 Å². The summed E-state index contributed by atoms with van der Waals surface area (Å²) in [4.78, 5) is 7.12. The van der Waals surface area contributed by atoms with Crippen LogP contribution in [-0.4, -0.2) is 33.3 Å². The Hall–Kier alpha value is -1.68. The number of benzene rings is 1. The van der Waals surface area contributed by atoms with E-state index in [4.69, 9.17) is 0 Å². The van der Waals surface area contributed by atoms with Gasteiger partial charge in [-0.1, -0.05) is 37.1 Å². The van der Waals surface area contributed by atoms with Crippen LogP contribution in [-0.2, 0) is 12.8 Å². The first-order valence-corrected chi connectivity index (χ1v) is 8.49. The van der Waals surface area contributed by atoms with Gasteiger partial charge >= 0.3 is 0 Å². The summed E-state index contributed by atoms with van der Waals surface area (Å²) in [5.74, 6) is 1.17. The summed E-state index contributed by atoms with van der Waals surface area (Å²) in [6, 6.07) is 9.65. The fraction of sp³-hybridized carbons (Fsp3) is 0.556. The summed E-state index contributed by atoms with van der Waals surface area (Å²) >= 11 is 0. The van der Waals surface area contributed by atoms with Crippen LogP contribution in [0.5, 0.6) is 0 Å². The number of aromatic nitrogens is 3. The molecule has 22 heavy (non-hydrogen) atoms. The minimum Gasteiger partial charge on any atom is -0.297 e. The maximum Gasteiger partial charge on any atom is 0.144 e. The van der Waals surface area contributed by atoms with Crippen molar-refractivity contribution in [2.24, 2.45) is 0 Å². The molecule has 4 rings (SSSR count). The van der Waals surface area contributed by atoms with Crippen LogP contribution < -0.4 is 0 Å². The van der Waals surface area contributed by atoms with Crippen molar-refractivity contribution in [3.8, 4) is 0 Å². The maximum absolute atomic E-state index is 4.65. The highest BCUT2D eigenvalue weighted by Gasteiger charge is 2.29. The van der Waals surface area contributed by atoms with Crippen LogP contribution in [0.4, 0.5) is 0 Å². The predicted octanol–water partition coefficient (Wildman–Crippen LogP) is 3.16. The van der Waals surface area contributed by atoms with E-state index in [1.54, 1.807) is 6.33 Å². The van der Waals surface area contributed by atoms with E-state index in [1.807, 2.05) is 0 Å². The van der Waals surface area contributed by atoms with Gasteiger partial charge in [-0.15, -0.1) is 0 Å². The zero-order valence-electron chi connectivity index (χ0n) is 13.3. The SMILES string of the molecule is CN1CCCCCC1c1ncnn1C1Cc2ccccc2C1. The first-order chi connectivity index (χ1) is 10.8. The second-order valence-corrected chi connectivity index (χ2v) is 6.74. The lowest BCUT2D eigenvalue weighted by molar-refractivity contribution is 0.228. The average molecular weight is 296 g/mol. The van der Waals surface area contributed by atoms with Crippen LogP contribution in [0, 0.1) is 0 Å². The first-order valence-electron chi connectivity index (χ1n) is 8.49. The summed E-state index contributed by atoms with van der Waals surface area (Å²) in [6.45, 7) is 1.17. The number of likely N-dealkylation sites (tertiary alicyclic amines) is 1. The number of hydrogen-bond acceptors (Lipinski definition) is 3. The fourth-order valence-electron chi connectivity index (χ4n) is 4.07. The Morgan fingerprint density at radius 3 is 2.59 bits per heavy atom. The molecule has 0 spiro atoms. The molecule has 0 N–H and O–H groups in total. The van der Waals surface area contributed by atoms with E-state index in [0.29, 0.717) is 12.1 Å². The summed E-state index contributed by atoms with van der Waals surface area (Å²) in [5.41, 5.74) is 2.95. The van der Waals surface area contributed by atoms with E-state index in [2.05, 4.69) is 51.0 Å². The monoisotopic (exact) mass is 296 g/mol. The molecule has 1 unspecified atom stereocenters. The Bertz CT molecular complexity index is 623. The van der Waals surface area contributed by atoms with Crippen LogP contribution in [0.15, 0.2) is 30.6 Å². The largest absolute Gasteiger partial charge is 0.297 e. The van der Waals surface area contributed by atoms with Crippen LogP contribution >= 0.6 is 0 Å². The van der Waals surface area contributed by atoms with Crippen molar-refractivity contribution in [2.45, 2.75) is 50.6 Å². The minimum atomic E-state index is 0.425. The maximum atomic E-state index is 4.65. The van der Waals surface area contributed by atoms with Gasteiger partial charge in [0.25, 0.3) is 0 Å². The Morgan fingerprint density at radius 2 is 1.82 bits per heavy atom. The summed E-state index contributed by atoms with van der Waals surface area (Å²) in [6.07, 6.45) is 9.06. The normalized spacial score (nSPS) is 23.4. The van der Waals surface area contributed by atoms with E-state index in [0.717, 1.165) is 12.8 Å². The van der Waals surface area contributed by atoms with Crippen LogP contribution in [0.25, 0.3) is 0 Å². The standard InChI is InChI=1S/C18H24N4/c1-21-10-6-2-3-9-17(21)18-19-13-20-22(18)16-11-14-7-4-5-8-15(14)12-16/h4-5,7-8,13,16-17H,2-3,6,9-12H2,1H3. The quantitative estimate of drug-likeness (QED) is 0.853. The molecule has 0 saturated carbocycles. The molecule has 0 radical (unpaired) electrons. The Labute approximate surface area is 132 Å².